The molecule has 1 amide bonds. The summed E-state index contributed by atoms with van der Waals surface area (Å²) in [4.78, 5) is 26.6. The van der Waals surface area contributed by atoms with Crippen LogP contribution in [0.15, 0.2) is 30.5 Å². The zero-order valence-electron chi connectivity index (χ0n) is 16.7. The van der Waals surface area contributed by atoms with E-state index in [1.165, 1.54) is 12.8 Å². The van der Waals surface area contributed by atoms with Gasteiger partial charge in [0, 0.05) is 31.3 Å². The summed E-state index contributed by atoms with van der Waals surface area (Å²) >= 11 is 0. The van der Waals surface area contributed by atoms with E-state index in [-0.39, 0.29) is 5.91 Å². The molecule has 1 fully saturated rings. The molecular formula is C22H28N4O2. The highest BCUT2D eigenvalue weighted by atomic mass is 16.5. The summed E-state index contributed by atoms with van der Waals surface area (Å²) in [6.45, 7) is 2.42. The first kappa shape index (κ1) is 18.9. The van der Waals surface area contributed by atoms with Crippen LogP contribution < -0.4 is 4.74 Å². The Labute approximate surface area is 166 Å². The molecule has 0 bridgehead atoms. The van der Waals surface area contributed by atoms with E-state index in [0.29, 0.717) is 25.6 Å². The molecule has 1 aromatic carbocycles. The highest BCUT2D eigenvalue weighted by molar-refractivity contribution is 5.79. The largest absolute Gasteiger partial charge is 0.497 e. The molecule has 6 nitrogen and oxygen atoms in total. The number of nitrogens with zero attached hydrogens (tertiary/aromatic N) is 4. The highest BCUT2D eigenvalue weighted by Crippen LogP contribution is 2.28. The van der Waals surface area contributed by atoms with E-state index in [9.17, 15) is 4.79 Å². The highest BCUT2D eigenvalue weighted by Gasteiger charge is 2.26. The Balaban J connectivity index is 1.43. The summed E-state index contributed by atoms with van der Waals surface area (Å²) in [5, 5.41) is 0. The van der Waals surface area contributed by atoms with Crippen molar-refractivity contribution in [2.24, 2.45) is 0 Å². The molecule has 1 atom stereocenters. The van der Waals surface area contributed by atoms with E-state index < -0.39 is 0 Å². The van der Waals surface area contributed by atoms with Crippen LogP contribution in [0.4, 0.5) is 0 Å². The minimum Gasteiger partial charge on any atom is -0.497 e. The zero-order valence-corrected chi connectivity index (χ0v) is 16.7. The average Bonchev–Trinajstić information content (AvgIpc) is 2.73. The number of aromatic nitrogens is 2. The lowest BCUT2D eigenvalue weighted by atomic mass is 10.0. The number of benzene rings is 1. The van der Waals surface area contributed by atoms with E-state index in [4.69, 9.17) is 9.72 Å². The van der Waals surface area contributed by atoms with Crippen molar-refractivity contribution in [2.45, 2.75) is 44.7 Å². The molecule has 6 heteroatoms. The van der Waals surface area contributed by atoms with Gasteiger partial charge in [-0.2, -0.15) is 0 Å². The summed E-state index contributed by atoms with van der Waals surface area (Å²) in [5.74, 6) is 1.86. The Morgan fingerprint density at radius 1 is 1.29 bits per heavy atom. The van der Waals surface area contributed by atoms with Gasteiger partial charge in [0.05, 0.1) is 25.3 Å². The standard InChI is InChI=1S/C22H28N4O2/c1-25-10-4-3-8-20(25)22-23-14-17-15-26(11-9-19(17)24-22)21(27)13-16-6-5-7-18(12-16)28-2/h5-7,12,14,20H,3-4,8-11,13,15H2,1-2H3. The number of carbonyl (C=O) groups is 1. The number of hydrogen-bond acceptors (Lipinski definition) is 5. The number of carbonyl (C=O) groups excluding carboxylic acids is 1. The molecule has 1 aromatic heterocycles. The monoisotopic (exact) mass is 380 g/mol. The minimum absolute atomic E-state index is 0.134. The second-order valence-electron chi connectivity index (χ2n) is 7.79. The maximum atomic E-state index is 12.8. The van der Waals surface area contributed by atoms with Crippen molar-refractivity contribution in [3.8, 4) is 5.75 Å². The predicted molar refractivity (Wildman–Crippen MR) is 107 cm³/mol. The van der Waals surface area contributed by atoms with Crippen LogP contribution in [0.25, 0.3) is 0 Å². The SMILES string of the molecule is COc1cccc(CC(=O)N2CCc3nc(C4CCCCN4C)ncc3C2)c1. The van der Waals surface area contributed by atoms with E-state index in [0.717, 1.165) is 47.8 Å². The first-order valence-corrected chi connectivity index (χ1v) is 10.1. The molecular weight excluding hydrogens is 352 g/mol. The number of likely N-dealkylation sites (tertiary alicyclic amines) is 1. The van der Waals surface area contributed by atoms with Gasteiger partial charge in [-0.05, 0) is 44.1 Å². The maximum Gasteiger partial charge on any atom is 0.227 e. The van der Waals surface area contributed by atoms with Gasteiger partial charge in [-0.1, -0.05) is 18.6 Å². The van der Waals surface area contributed by atoms with E-state index in [1.54, 1.807) is 7.11 Å². The Morgan fingerprint density at radius 3 is 3.00 bits per heavy atom. The normalized spacial score (nSPS) is 19.9. The molecule has 0 N–H and O–H groups in total. The van der Waals surface area contributed by atoms with Crippen LogP contribution in [0, 0.1) is 0 Å². The zero-order chi connectivity index (χ0) is 19.5. The molecule has 28 heavy (non-hydrogen) atoms. The number of rotatable bonds is 4. The topological polar surface area (TPSA) is 58.6 Å². The number of amides is 1. The molecule has 0 spiro atoms. The van der Waals surface area contributed by atoms with Gasteiger partial charge in [0.2, 0.25) is 5.91 Å². The lowest BCUT2D eigenvalue weighted by molar-refractivity contribution is -0.131. The predicted octanol–water partition coefficient (Wildman–Crippen LogP) is 2.77. The van der Waals surface area contributed by atoms with Crippen molar-refractivity contribution in [3.63, 3.8) is 0 Å². The van der Waals surface area contributed by atoms with Crippen molar-refractivity contribution in [2.75, 3.05) is 27.2 Å². The molecule has 2 aliphatic rings. The maximum absolute atomic E-state index is 12.8. The number of piperidine rings is 1. The molecule has 3 heterocycles. The molecule has 2 aliphatic heterocycles. The second kappa shape index (κ2) is 8.27. The smallest absolute Gasteiger partial charge is 0.227 e. The fraction of sp³-hybridized carbons (Fsp3) is 0.500. The Bertz CT molecular complexity index is 854. The first-order valence-electron chi connectivity index (χ1n) is 10.1. The lowest BCUT2D eigenvalue weighted by Gasteiger charge is -2.33. The number of ether oxygens (including phenoxy) is 1. The van der Waals surface area contributed by atoms with Crippen LogP contribution in [0.3, 0.4) is 0 Å². The number of hydrogen-bond donors (Lipinski definition) is 0. The summed E-state index contributed by atoms with van der Waals surface area (Å²) in [7, 11) is 3.80. The van der Waals surface area contributed by atoms with Crippen LogP contribution in [0.2, 0.25) is 0 Å². The average molecular weight is 380 g/mol. The van der Waals surface area contributed by atoms with Gasteiger partial charge in [-0.3, -0.25) is 9.69 Å². The quantitative estimate of drug-likeness (QED) is 0.816. The fourth-order valence-electron chi connectivity index (χ4n) is 4.18. The molecule has 0 radical (unpaired) electrons. The third-order valence-corrected chi connectivity index (χ3v) is 5.86. The van der Waals surface area contributed by atoms with Gasteiger partial charge < -0.3 is 9.64 Å². The Morgan fingerprint density at radius 2 is 2.18 bits per heavy atom. The summed E-state index contributed by atoms with van der Waals surface area (Å²) in [5.41, 5.74) is 3.16. The van der Waals surface area contributed by atoms with Gasteiger partial charge in [0.25, 0.3) is 0 Å². The first-order chi connectivity index (χ1) is 13.6. The molecule has 1 unspecified atom stereocenters. The van der Waals surface area contributed by atoms with Crippen LogP contribution >= 0.6 is 0 Å². The Hall–Kier alpha value is -2.47. The Kier molecular flexibility index (Phi) is 5.57. The molecule has 1 saturated heterocycles. The van der Waals surface area contributed by atoms with Crippen molar-refractivity contribution >= 4 is 5.91 Å². The molecule has 2 aromatic rings. The van der Waals surface area contributed by atoms with E-state index in [2.05, 4.69) is 16.9 Å². The van der Waals surface area contributed by atoms with E-state index in [1.807, 2.05) is 35.4 Å². The number of methoxy groups -OCH3 is 1. The minimum atomic E-state index is 0.134. The van der Waals surface area contributed by atoms with Crippen LogP contribution in [-0.4, -0.2) is 52.9 Å². The summed E-state index contributed by atoms with van der Waals surface area (Å²) in [6.07, 6.45) is 6.74. The van der Waals surface area contributed by atoms with Gasteiger partial charge in [-0.15, -0.1) is 0 Å². The van der Waals surface area contributed by atoms with Gasteiger partial charge in [-0.25, -0.2) is 9.97 Å². The van der Waals surface area contributed by atoms with Gasteiger partial charge >= 0.3 is 0 Å². The van der Waals surface area contributed by atoms with Crippen LogP contribution in [0.1, 0.15) is 47.9 Å². The van der Waals surface area contributed by atoms with Gasteiger partial charge in [0.15, 0.2) is 0 Å². The third kappa shape index (κ3) is 4.02. The fourth-order valence-corrected chi connectivity index (χ4v) is 4.18. The summed E-state index contributed by atoms with van der Waals surface area (Å²) < 4.78 is 5.25. The van der Waals surface area contributed by atoms with Crippen molar-refractivity contribution in [1.29, 1.82) is 0 Å². The summed E-state index contributed by atoms with van der Waals surface area (Å²) in [6, 6.07) is 8.03. The van der Waals surface area contributed by atoms with Crippen molar-refractivity contribution < 1.29 is 9.53 Å². The molecule has 0 saturated carbocycles. The van der Waals surface area contributed by atoms with E-state index >= 15 is 0 Å². The molecule has 148 valence electrons. The third-order valence-electron chi connectivity index (χ3n) is 5.86. The number of fused-ring (bicyclic) bond motifs is 1. The molecule has 0 aliphatic carbocycles. The lowest BCUT2D eigenvalue weighted by Crippen LogP contribution is -2.38. The van der Waals surface area contributed by atoms with Gasteiger partial charge in [0.1, 0.15) is 11.6 Å². The van der Waals surface area contributed by atoms with Crippen LogP contribution in [-0.2, 0) is 24.2 Å². The van der Waals surface area contributed by atoms with Crippen molar-refractivity contribution in [3.05, 3.63) is 53.1 Å². The van der Waals surface area contributed by atoms with Crippen molar-refractivity contribution in [1.82, 2.24) is 19.8 Å². The second-order valence-corrected chi connectivity index (χ2v) is 7.79. The molecule has 4 rings (SSSR count). The van der Waals surface area contributed by atoms with Crippen LogP contribution in [0.5, 0.6) is 5.75 Å².